The lowest BCUT2D eigenvalue weighted by Crippen LogP contribution is -2.58. The van der Waals surface area contributed by atoms with Crippen molar-refractivity contribution >= 4 is 51.1 Å². The van der Waals surface area contributed by atoms with Crippen molar-refractivity contribution < 1.29 is 9.47 Å². The lowest BCUT2D eigenvalue weighted by molar-refractivity contribution is -0.0118. The first kappa shape index (κ1) is 24.0. The van der Waals surface area contributed by atoms with Gasteiger partial charge in [0.1, 0.15) is 28.9 Å². The summed E-state index contributed by atoms with van der Waals surface area (Å²) < 4.78 is 13.7. The zero-order valence-corrected chi connectivity index (χ0v) is 22.0. The Balaban J connectivity index is 1.11. The number of hydrogen-bond acceptors (Lipinski definition) is 10. The average Bonchev–Trinajstić information content (AvgIpc) is 3.34. The van der Waals surface area contributed by atoms with E-state index in [2.05, 4.69) is 35.1 Å². The van der Waals surface area contributed by atoms with Crippen molar-refractivity contribution in [1.82, 2.24) is 34.4 Å². The molecule has 2 aliphatic rings. The predicted molar refractivity (Wildman–Crippen MR) is 149 cm³/mol. The van der Waals surface area contributed by atoms with Crippen LogP contribution >= 0.6 is 11.6 Å². The van der Waals surface area contributed by atoms with Crippen LogP contribution in [0, 0.1) is 0 Å². The van der Waals surface area contributed by atoms with Gasteiger partial charge in [-0.05, 0) is 30.3 Å². The summed E-state index contributed by atoms with van der Waals surface area (Å²) in [7, 11) is 1.96. The highest BCUT2D eigenvalue weighted by Crippen LogP contribution is 2.34. The van der Waals surface area contributed by atoms with Gasteiger partial charge in [-0.1, -0.05) is 11.6 Å². The first-order valence-electron chi connectivity index (χ1n) is 12.8. The Morgan fingerprint density at radius 2 is 1.97 bits per heavy atom. The van der Waals surface area contributed by atoms with E-state index in [-0.39, 0.29) is 0 Å². The average molecular weight is 544 g/mol. The van der Waals surface area contributed by atoms with Gasteiger partial charge in [-0.3, -0.25) is 4.90 Å². The maximum Gasteiger partial charge on any atom is 0.226 e. The molecule has 2 saturated heterocycles. The van der Waals surface area contributed by atoms with Crippen LogP contribution in [0.5, 0.6) is 11.5 Å². The van der Waals surface area contributed by atoms with Crippen LogP contribution in [0.25, 0.3) is 22.1 Å². The summed E-state index contributed by atoms with van der Waals surface area (Å²) >= 11 is 6.60. The van der Waals surface area contributed by atoms with Crippen LogP contribution in [0.15, 0.2) is 55.2 Å². The van der Waals surface area contributed by atoms with Gasteiger partial charge in [0.15, 0.2) is 5.82 Å². The molecule has 0 unspecified atom stereocenters. The van der Waals surface area contributed by atoms with Crippen LogP contribution in [-0.4, -0.2) is 79.8 Å². The van der Waals surface area contributed by atoms with Gasteiger partial charge in [0.2, 0.25) is 5.95 Å². The van der Waals surface area contributed by atoms with Crippen LogP contribution in [0.1, 0.15) is 0 Å². The minimum absolute atomic E-state index is 0.352. The number of ether oxygens (including phenoxy) is 2. The van der Waals surface area contributed by atoms with Gasteiger partial charge in [0.05, 0.1) is 47.8 Å². The molecule has 5 heterocycles. The Labute approximate surface area is 229 Å². The summed E-state index contributed by atoms with van der Waals surface area (Å²) in [6.07, 6.45) is 5.02. The highest BCUT2D eigenvalue weighted by Gasteiger charge is 2.30. The number of nitrogens with one attached hydrogen (secondary N) is 1. The maximum absolute atomic E-state index is 6.60. The Morgan fingerprint density at radius 1 is 1.03 bits per heavy atom. The maximum atomic E-state index is 6.60. The number of morpholine rings is 1. The Bertz CT molecular complexity index is 1680. The molecule has 0 radical (unpaired) electrons. The highest BCUT2D eigenvalue weighted by molar-refractivity contribution is 6.32. The zero-order chi connectivity index (χ0) is 26.3. The van der Waals surface area contributed by atoms with Crippen molar-refractivity contribution in [3.05, 3.63) is 60.3 Å². The summed E-state index contributed by atoms with van der Waals surface area (Å²) in [6, 6.07) is 11.6. The molecule has 0 aliphatic carbocycles. The summed E-state index contributed by atoms with van der Waals surface area (Å²) in [5.41, 5.74) is 3.94. The van der Waals surface area contributed by atoms with Gasteiger partial charge in [-0.25, -0.2) is 24.9 Å². The second-order valence-corrected chi connectivity index (χ2v) is 10.1. The number of fused-ring (bicyclic) bond motifs is 3. The van der Waals surface area contributed by atoms with E-state index in [1.165, 1.54) is 6.33 Å². The number of benzene rings is 2. The molecule has 1 atom stereocenters. The standard InChI is InChI=1S/C27H26ClN9O2/c1-35-16-32-21-11-19(3-4-23(21)35)39-24-5-2-17(10-20(24)28)33-26-25-22(30-15-31-26)12-29-27(34-25)37-7-6-36-8-9-38-14-18(36)13-37/h2-5,10-12,15-16,18H,6-9,13-14H2,1H3,(H,30,31,33)/t18-/m1/s1. The summed E-state index contributed by atoms with van der Waals surface area (Å²) in [5.74, 6) is 2.45. The van der Waals surface area contributed by atoms with Crippen molar-refractivity contribution in [2.24, 2.45) is 7.05 Å². The number of nitrogens with zero attached hydrogens (tertiary/aromatic N) is 8. The van der Waals surface area contributed by atoms with E-state index in [4.69, 9.17) is 26.1 Å². The van der Waals surface area contributed by atoms with Crippen LogP contribution in [0.4, 0.5) is 17.5 Å². The normalized spacial score (nSPS) is 17.9. The number of aryl methyl sites for hydroxylation is 1. The largest absolute Gasteiger partial charge is 0.456 e. The monoisotopic (exact) mass is 543 g/mol. The number of imidazole rings is 1. The molecule has 12 heteroatoms. The fourth-order valence-electron chi connectivity index (χ4n) is 5.12. The number of halogens is 1. The number of hydrogen-bond donors (Lipinski definition) is 1. The molecule has 2 aromatic carbocycles. The molecule has 3 aromatic heterocycles. The molecule has 0 bridgehead atoms. The van der Waals surface area contributed by atoms with E-state index < -0.39 is 0 Å². The van der Waals surface area contributed by atoms with Crippen LogP contribution in [-0.2, 0) is 11.8 Å². The number of anilines is 3. The molecule has 0 saturated carbocycles. The van der Waals surface area contributed by atoms with E-state index in [0.29, 0.717) is 45.4 Å². The Hall–Kier alpha value is -4.06. The van der Waals surface area contributed by atoms with E-state index >= 15 is 0 Å². The van der Waals surface area contributed by atoms with Crippen molar-refractivity contribution in [3.63, 3.8) is 0 Å². The number of piperazine rings is 1. The molecule has 1 N–H and O–H groups in total. The first-order chi connectivity index (χ1) is 19.1. The fraction of sp³-hybridized carbons (Fsp3) is 0.296. The topological polar surface area (TPSA) is 106 Å². The quantitative estimate of drug-likeness (QED) is 0.349. The van der Waals surface area contributed by atoms with E-state index in [9.17, 15) is 0 Å². The van der Waals surface area contributed by atoms with Crippen molar-refractivity contribution in [2.45, 2.75) is 6.04 Å². The third kappa shape index (κ3) is 4.69. The zero-order valence-electron chi connectivity index (χ0n) is 21.3. The van der Waals surface area contributed by atoms with E-state index in [0.717, 1.165) is 56.1 Å². The van der Waals surface area contributed by atoms with Crippen LogP contribution in [0.2, 0.25) is 5.02 Å². The molecule has 198 valence electrons. The van der Waals surface area contributed by atoms with Gasteiger partial charge in [0, 0.05) is 45.0 Å². The SMILES string of the molecule is Cn1cnc2cc(Oc3ccc(Nc4ncnc5cnc(N6CCN7CCOC[C@H]7C6)nc45)cc3Cl)ccc21. The first-order valence-corrected chi connectivity index (χ1v) is 13.2. The molecule has 2 fully saturated rings. The van der Waals surface area contributed by atoms with Gasteiger partial charge < -0.3 is 24.3 Å². The molecule has 7 rings (SSSR count). The summed E-state index contributed by atoms with van der Waals surface area (Å²) in [6.45, 7) is 5.17. The molecular weight excluding hydrogens is 518 g/mol. The van der Waals surface area contributed by atoms with Crippen molar-refractivity contribution in [3.8, 4) is 11.5 Å². The molecule has 0 spiro atoms. The predicted octanol–water partition coefficient (Wildman–Crippen LogP) is 4.02. The lowest BCUT2D eigenvalue weighted by Gasteiger charge is -2.43. The van der Waals surface area contributed by atoms with Crippen molar-refractivity contribution in [1.29, 1.82) is 0 Å². The lowest BCUT2D eigenvalue weighted by atomic mass is 10.1. The van der Waals surface area contributed by atoms with Crippen LogP contribution < -0.4 is 15.0 Å². The van der Waals surface area contributed by atoms with Crippen LogP contribution in [0.3, 0.4) is 0 Å². The Kier molecular flexibility index (Phi) is 6.11. The third-order valence-electron chi connectivity index (χ3n) is 7.20. The second-order valence-electron chi connectivity index (χ2n) is 9.72. The minimum Gasteiger partial charge on any atom is -0.456 e. The number of rotatable bonds is 5. The van der Waals surface area contributed by atoms with Gasteiger partial charge in [0.25, 0.3) is 0 Å². The highest BCUT2D eigenvalue weighted by atomic mass is 35.5. The Morgan fingerprint density at radius 3 is 2.90 bits per heavy atom. The molecule has 0 amide bonds. The van der Waals surface area contributed by atoms with Gasteiger partial charge >= 0.3 is 0 Å². The molecule has 2 aliphatic heterocycles. The van der Waals surface area contributed by atoms with E-state index in [1.54, 1.807) is 18.6 Å². The molecular formula is C27H26ClN9O2. The van der Waals surface area contributed by atoms with Gasteiger partial charge in [-0.15, -0.1) is 0 Å². The summed E-state index contributed by atoms with van der Waals surface area (Å²) in [5, 5.41) is 3.80. The molecule has 39 heavy (non-hydrogen) atoms. The van der Waals surface area contributed by atoms with Gasteiger partial charge in [-0.2, -0.15) is 0 Å². The fourth-order valence-corrected chi connectivity index (χ4v) is 5.34. The third-order valence-corrected chi connectivity index (χ3v) is 7.50. The van der Waals surface area contributed by atoms with Crippen molar-refractivity contribution in [2.75, 3.05) is 49.6 Å². The second kappa shape index (κ2) is 9.92. The minimum atomic E-state index is 0.352. The molecule has 5 aromatic rings. The van der Waals surface area contributed by atoms with E-state index in [1.807, 2.05) is 41.9 Å². The number of aromatic nitrogens is 6. The molecule has 11 nitrogen and oxygen atoms in total. The summed E-state index contributed by atoms with van der Waals surface area (Å²) in [4.78, 5) is 27.3. The smallest absolute Gasteiger partial charge is 0.226 e.